The Hall–Kier alpha value is -4.06. The molecule has 1 unspecified atom stereocenters. The van der Waals surface area contributed by atoms with Gasteiger partial charge < -0.3 is 14.6 Å². The lowest BCUT2D eigenvalue weighted by Gasteiger charge is -2.27. The molecule has 1 saturated heterocycles. The number of aliphatic hydroxyl groups excluding tert-OH is 1. The maximum Gasteiger partial charge on any atom is 0.300 e. The number of hydrogen-bond donors (Lipinski definition) is 1. The van der Waals surface area contributed by atoms with E-state index in [1.807, 2.05) is 26.0 Å². The van der Waals surface area contributed by atoms with Crippen molar-refractivity contribution in [1.29, 1.82) is 0 Å². The number of carbonyl (C=O) groups is 2. The fourth-order valence-corrected chi connectivity index (χ4v) is 3.99. The normalized spacial score (nSPS) is 17.5. The van der Waals surface area contributed by atoms with Gasteiger partial charge in [-0.05, 0) is 44.2 Å². The van der Waals surface area contributed by atoms with Crippen molar-refractivity contribution >= 4 is 23.1 Å². The first-order valence-corrected chi connectivity index (χ1v) is 10.7. The van der Waals surface area contributed by atoms with Gasteiger partial charge in [0.25, 0.3) is 11.7 Å². The molecule has 168 valence electrons. The van der Waals surface area contributed by atoms with Crippen LogP contribution in [0.25, 0.3) is 5.76 Å². The highest BCUT2D eigenvalue weighted by Gasteiger charge is 2.47. The number of Topliss-reactive ketones (excluding diaryl/α,β-unsaturated/α-hetero) is 1. The molecular weight excluding hydrogens is 418 g/mol. The maximum absolute atomic E-state index is 13.3. The van der Waals surface area contributed by atoms with Crippen LogP contribution in [0.3, 0.4) is 0 Å². The molecule has 1 N–H and O–H groups in total. The molecule has 0 aliphatic carbocycles. The van der Waals surface area contributed by atoms with Crippen LogP contribution in [0.5, 0.6) is 11.5 Å². The van der Waals surface area contributed by atoms with Gasteiger partial charge in [-0.15, -0.1) is 0 Å². The summed E-state index contributed by atoms with van der Waals surface area (Å²) in [6.45, 7) is 3.86. The topological polar surface area (TPSA) is 76.1 Å². The highest BCUT2D eigenvalue weighted by atomic mass is 16.5. The zero-order valence-electron chi connectivity index (χ0n) is 18.7. The van der Waals surface area contributed by atoms with Gasteiger partial charge in [-0.3, -0.25) is 14.5 Å². The molecule has 0 bridgehead atoms. The van der Waals surface area contributed by atoms with Gasteiger partial charge in [0.1, 0.15) is 17.3 Å². The fraction of sp³-hybridized carbons (Fsp3) is 0.185. The maximum atomic E-state index is 13.3. The Kier molecular flexibility index (Phi) is 6.18. The number of carbonyl (C=O) groups excluding carboxylic acids is 2. The lowest BCUT2D eigenvalue weighted by Crippen LogP contribution is -2.29. The number of ketones is 1. The van der Waals surface area contributed by atoms with E-state index < -0.39 is 17.7 Å². The van der Waals surface area contributed by atoms with Gasteiger partial charge >= 0.3 is 0 Å². The minimum Gasteiger partial charge on any atom is -0.507 e. The number of nitrogens with zero attached hydrogens (tertiary/aromatic N) is 1. The van der Waals surface area contributed by atoms with Crippen molar-refractivity contribution < 1.29 is 24.2 Å². The summed E-state index contributed by atoms with van der Waals surface area (Å²) in [5, 5.41) is 11.1. The largest absolute Gasteiger partial charge is 0.507 e. The van der Waals surface area contributed by atoms with Crippen LogP contribution >= 0.6 is 0 Å². The van der Waals surface area contributed by atoms with Gasteiger partial charge in [-0.25, -0.2) is 0 Å². The predicted octanol–water partition coefficient (Wildman–Crippen LogP) is 5.11. The van der Waals surface area contributed by atoms with Crippen LogP contribution in [0, 0.1) is 0 Å². The molecule has 1 aliphatic rings. The van der Waals surface area contributed by atoms with Crippen LogP contribution in [0.15, 0.2) is 84.4 Å². The van der Waals surface area contributed by atoms with E-state index in [9.17, 15) is 14.7 Å². The van der Waals surface area contributed by atoms with E-state index >= 15 is 0 Å². The third-order valence-electron chi connectivity index (χ3n) is 5.41. The summed E-state index contributed by atoms with van der Waals surface area (Å²) in [5.74, 6) is -0.542. The molecule has 1 fully saturated rings. The third-order valence-corrected chi connectivity index (χ3v) is 5.41. The van der Waals surface area contributed by atoms with Crippen LogP contribution in [-0.4, -0.2) is 30.0 Å². The summed E-state index contributed by atoms with van der Waals surface area (Å²) in [7, 11) is 1.53. The van der Waals surface area contributed by atoms with E-state index in [0.29, 0.717) is 28.3 Å². The molecule has 3 aromatic carbocycles. The number of methoxy groups -OCH3 is 1. The zero-order valence-corrected chi connectivity index (χ0v) is 18.7. The summed E-state index contributed by atoms with van der Waals surface area (Å²) < 4.78 is 11.2. The van der Waals surface area contributed by atoms with E-state index in [1.165, 1.54) is 12.0 Å². The fourth-order valence-electron chi connectivity index (χ4n) is 3.99. The van der Waals surface area contributed by atoms with Gasteiger partial charge in [0.15, 0.2) is 0 Å². The average molecular weight is 443 g/mol. The van der Waals surface area contributed by atoms with Gasteiger partial charge in [-0.1, -0.05) is 48.5 Å². The average Bonchev–Trinajstić information content (AvgIpc) is 3.09. The molecule has 33 heavy (non-hydrogen) atoms. The minimum atomic E-state index is -0.863. The number of benzene rings is 3. The molecule has 1 aliphatic heterocycles. The summed E-state index contributed by atoms with van der Waals surface area (Å²) in [4.78, 5) is 27.9. The smallest absolute Gasteiger partial charge is 0.300 e. The summed E-state index contributed by atoms with van der Waals surface area (Å²) in [6.07, 6.45) is 0.00419. The lowest BCUT2D eigenvalue weighted by atomic mass is 9.94. The van der Waals surface area contributed by atoms with E-state index in [2.05, 4.69) is 0 Å². The Morgan fingerprint density at radius 1 is 0.909 bits per heavy atom. The molecule has 0 spiro atoms. The van der Waals surface area contributed by atoms with Crippen molar-refractivity contribution in [2.24, 2.45) is 0 Å². The number of para-hydroxylation sites is 1. The first-order valence-electron chi connectivity index (χ1n) is 10.7. The van der Waals surface area contributed by atoms with Crippen molar-refractivity contribution in [3.05, 3.63) is 95.6 Å². The molecular formula is C27H25NO5. The van der Waals surface area contributed by atoms with Crippen LogP contribution in [0.1, 0.15) is 31.0 Å². The summed E-state index contributed by atoms with van der Waals surface area (Å²) >= 11 is 0. The monoisotopic (exact) mass is 443 g/mol. The predicted molar refractivity (Wildman–Crippen MR) is 126 cm³/mol. The van der Waals surface area contributed by atoms with Crippen LogP contribution in [-0.2, 0) is 9.59 Å². The Labute approximate surface area is 192 Å². The van der Waals surface area contributed by atoms with Gasteiger partial charge in [-0.2, -0.15) is 0 Å². The second kappa shape index (κ2) is 9.20. The molecule has 4 rings (SSSR count). The summed E-state index contributed by atoms with van der Waals surface area (Å²) in [6, 6.07) is 22.0. The zero-order chi connectivity index (χ0) is 23.5. The van der Waals surface area contributed by atoms with Crippen molar-refractivity contribution in [3.63, 3.8) is 0 Å². The van der Waals surface area contributed by atoms with E-state index in [-0.39, 0.29) is 17.4 Å². The Balaban J connectivity index is 1.90. The van der Waals surface area contributed by atoms with Crippen molar-refractivity contribution in [2.75, 3.05) is 12.0 Å². The first-order chi connectivity index (χ1) is 15.9. The van der Waals surface area contributed by atoms with Gasteiger partial charge in [0.2, 0.25) is 0 Å². The van der Waals surface area contributed by atoms with E-state index in [4.69, 9.17) is 9.47 Å². The Morgan fingerprint density at radius 3 is 2.18 bits per heavy atom. The van der Waals surface area contributed by atoms with E-state index in [1.54, 1.807) is 66.7 Å². The van der Waals surface area contributed by atoms with Gasteiger partial charge in [0, 0.05) is 16.8 Å². The standard InChI is InChI=1S/C27H25NO5/c1-17(2)33-20-15-13-19(14-16-20)28-24(21-11-7-8-12-22(21)32-3)23(26(30)27(28)31)25(29)18-9-5-4-6-10-18/h4-17,24,29H,1-3H3/b25-23-. The third kappa shape index (κ3) is 4.20. The van der Waals surface area contributed by atoms with Crippen molar-refractivity contribution in [2.45, 2.75) is 26.0 Å². The second-order valence-electron chi connectivity index (χ2n) is 7.94. The van der Waals surface area contributed by atoms with Gasteiger partial charge in [0.05, 0.1) is 24.8 Å². The highest BCUT2D eigenvalue weighted by molar-refractivity contribution is 6.51. The number of anilines is 1. The van der Waals surface area contributed by atoms with E-state index in [0.717, 1.165) is 0 Å². The van der Waals surface area contributed by atoms with Crippen LogP contribution in [0.2, 0.25) is 0 Å². The number of hydrogen-bond acceptors (Lipinski definition) is 5. The Morgan fingerprint density at radius 2 is 1.55 bits per heavy atom. The molecule has 6 nitrogen and oxygen atoms in total. The molecule has 6 heteroatoms. The van der Waals surface area contributed by atoms with Crippen LogP contribution in [0.4, 0.5) is 5.69 Å². The minimum absolute atomic E-state index is 0.00419. The Bertz CT molecular complexity index is 1200. The molecule has 1 heterocycles. The summed E-state index contributed by atoms with van der Waals surface area (Å²) in [5.41, 5.74) is 1.57. The lowest BCUT2D eigenvalue weighted by molar-refractivity contribution is -0.132. The number of ether oxygens (including phenoxy) is 2. The number of aliphatic hydroxyl groups is 1. The molecule has 1 amide bonds. The number of amides is 1. The molecule has 0 aromatic heterocycles. The van der Waals surface area contributed by atoms with Crippen molar-refractivity contribution in [3.8, 4) is 11.5 Å². The number of rotatable bonds is 6. The molecule has 0 saturated carbocycles. The molecule has 1 atom stereocenters. The SMILES string of the molecule is COc1ccccc1C1/C(=C(/O)c2ccccc2)C(=O)C(=O)N1c1ccc(OC(C)C)cc1. The van der Waals surface area contributed by atoms with Crippen LogP contribution < -0.4 is 14.4 Å². The molecule has 0 radical (unpaired) electrons. The molecule has 3 aromatic rings. The quantitative estimate of drug-likeness (QED) is 0.326. The first kappa shape index (κ1) is 22.1. The highest BCUT2D eigenvalue weighted by Crippen LogP contribution is 2.45. The van der Waals surface area contributed by atoms with Crippen molar-refractivity contribution in [1.82, 2.24) is 0 Å². The second-order valence-corrected chi connectivity index (χ2v) is 7.94.